The number of carbonyl (C=O) groups excluding carboxylic acids is 3. The van der Waals surface area contributed by atoms with Crippen LogP contribution in [-0.4, -0.2) is 29.3 Å². The van der Waals surface area contributed by atoms with Gasteiger partial charge in [-0.15, -0.1) is 0 Å². The third kappa shape index (κ3) is 3.69. The summed E-state index contributed by atoms with van der Waals surface area (Å²) in [4.78, 5) is 38.9. The molecule has 2 N–H and O–H groups in total. The molecule has 4 amide bonds. The van der Waals surface area contributed by atoms with E-state index in [4.69, 9.17) is 0 Å². The molecular weight excluding hydrogens is 481 g/mol. The number of anilines is 1. The molecule has 29 heavy (non-hydrogen) atoms. The van der Waals surface area contributed by atoms with E-state index in [9.17, 15) is 14.4 Å². The summed E-state index contributed by atoms with van der Waals surface area (Å²) in [5.74, 6) is -0.881. The zero-order valence-electron chi connectivity index (χ0n) is 15.6. The third-order valence-corrected chi connectivity index (χ3v) is 5.75. The van der Waals surface area contributed by atoms with Crippen molar-refractivity contribution in [2.45, 2.75) is 12.5 Å². The zero-order chi connectivity index (χ0) is 20.6. The van der Waals surface area contributed by atoms with Gasteiger partial charge in [-0.05, 0) is 76.2 Å². The first-order valence-electron chi connectivity index (χ1n) is 9.06. The fourth-order valence-corrected chi connectivity index (χ4v) is 3.77. The molecule has 3 aromatic rings. The Balaban J connectivity index is 1.54. The van der Waals surface area contributed by atoms with Crippen molar-refractivity contribution in [3.63, 3.8) is 0 Å². The number of nitrogens with one attached hydrogen (secondary N) is 2. The van der Waals surface area contributed by atoms with Crippen LogP contribution in [0.15, 0.2) is 66.7 Å². The first-order valence-corrected chi connectivity index (χ1v) is 10.1. The van der Waals surface area contributed by atoms with Gasteiger partial charge in [0.1, 0.15) is 12.1 Å². The van der Waals surface area contributed by atoms with E-state index in [0.29, 0.717) is 11.3 Å². The average Bonchev–Trinajstić information content (AvgIpc) is 2.93. The van der Waals surface area contributed by atoms with Crippen LogP contribution in [0.3, 0.4) is 0 Å². The lowest BCUT2D eigenvalue weighted by molar-refractivity contribution is -0.133. The number of imide groups is 1. The van der Waals surface area contributed by atoms with Crippen LogP contribution in [0.5, 0.6) is 0 Å². The number of fused-ring (bicyclic) bond motifs is 1. The van der Waals surface area contributed by atoms with Crippen LogP contribution in [-0.2, 0) is 15.1 Å². The van der Waals surface area contributed by atoms with E-state index in [1.807, 2.05) is 54.6 Å². The van der Waals surface area contributed by atoms with Crippen LogP contribution in [0.2, 0.25) is 0 Å². The normalized spacial score (nSPS) is 18.8. The molecule has 1 aliphatic heterocycles. The third-order valence-electron chi connectivity index (χ3n) is 5.03. The number of hydrogen-bond acceptors (Lipinski definition) is 3. The fraction of sp³-hybridized carbons (Fsp3) is 0.136. The Kier molecular flexibility index (Phi) is 4.99. The molecule has 6 nitrogen and oxygen atoms in total. The first kappa shape index (κ1) is 19.4. The molecule has 1 aliphatic rings. The van der Waals surface area contributed by atoms with Crippen LogP contribution >= 0.6 is 22.6 Å². The van der Waals surface area contributed by atoms with Gasteiger partial charge >= 0.3 is 6.03 Å². The van der Waals surface area contributed by atoms with Gasteiger partial charge in [-0.1, -0.05) is 36.4 Å². The summed E-state index contributed by atoms with van der Waals surface area (Å²) in [6, 6.07) is 20.1. The standard InChI is InChI=1S/C22H18IN3O3/c1-22(16-7-6-14-4-2-3-5-15(14)12-16)20(28)26(21(29)25-22)13-19(27)24-18-10-8-17(23)9-11-18/h2-12H,13H2,1H3,(H,24,27)(H,25,29). The Bertz CT molecular complexity index is 1130. The van der Waals surface area contributed by atoms with E-state index in [-0.39, 0.29) is 6.54 Å². The van der Waals surface area contributed by atoms with Gasteiger partial charge < -0.3 is 10.6 Å². The monoisotopic (exact) mass is 499 g/mol. The predicted molar refractivity (Wildman–Crippen MR) is 119 cm³/mol. The maximum atomic E-state index is 13.1. The molecule has 0 radical (unpaired) electrons. The lowest BCUT2D eigenvalue weighted by Gasteiger charge is -2.22. The van der Waals surface area contributed by atoms with E-state index < -0.39 is 23.4 Å². The van der Waals surface area contributed by atoms with Crippen LogP contribution in [0.4, 0.5) is 10.5 Å². The van der Waals surface area contributed by atoms with E-state index in [0.717, 1.165) is 19.2 Å². The molecule has 1 saturated heterocycles. The Hall–Kier alpha value is -2.94. The first-order chi connectivity index (χ1) is 13.9. The second-order valence-electron chi connectivity index (χ2n) is 7.06. The Morgan fingerprint density at radius 1 is 1.03 bits per heavy atom. The van der Waals surface area contributed by atoms with Crippen LogP contribution in [0, 0.1) is 3.57 Å². The minimum absolute atomic E-state index is 0.347. The van der Waals surface area contributed by atoms with Crippen molar-refractivity contribution in [3.05, 3.63) is 75.9 Å². The number of hydrogen-bond donors (Lipinski definition) is 2. The number of amides is 4. The molecule has 1 fully saturated rings. The van der Waals surface area contributed by atoms with Crippen LogP contribution < -0.4 is 10.6 Å². The van der Waals surface area contributed by atoms with Crippen molar-refractivity contribution in [2.24, 2.45) is 0 Å². The maximum absolute atomic E-state index is 13.1. The van der Waals surface area contributed by atoms with Gasteiger partial charge in [0, 0.05) is 9.26 Å². The van der Waals surface area contributed by atoms with Crippen molar-refractivity contribution in [1.82, 2.24) is 10.2 Å². The number of urea groups is 1. The van der Waals surface area contributed by atoms with E-state index in [1.54, 1.807) is 19.1 Å². The van der Waals surface area contributed by atoms with Crippen LogP contribution in [0.1, 0.15) is 12.5 Å². The quantitative estimate of drug-likeness (QED) is 0.423. The summed E-state index contributed by atoms with van der Waals surface area (Å²) < 4.78 is 1.04. The highest BCUT2D eigenvalue weighted by Gasteiger charge is 2.49. The van der Waals surface area contributed by atoms with Crippen molar-refractivity contribution in [2.75, 3.05) is 11.9 Å². The highest BCUT2D eigenvalue weighted by Crippen LogP contribution is 2.31. The molecule has 1 heterocycles. The Morgan fingerprint density at radius 2 is 1.72 bits per heavy atom. The second-order valence-corrected chi connectivity index (χ2v) is 8.31. The second kappa shape index (κ2) is 7.47. The fourth-order valence-electron chi connectivity index (χ4n) is 3.41. The van der Waals surface area contributed by atoms with Gasteiger partial charge in [-0.3, -0.25) is 14.5 Å². The Morgan fingerprint density at radius 3 is 2.45 bits per heavy atom. The van der Waals surface area contributed by atoms with Crippen LogP contribution in [0.25, 0.3) is 10.8 Å². The van der Waals surface area contributed by atoms with Gasteiger partial charge in [-0.2, -0.15) is 0 Å². The molecule has 0 aromatic heterocycles. The molecule has 146 valence electrons. The molecule has 4 rings (SSSR count). The molecular formula is C22H18IN3O3. The summed E-state index contributed by atoms with van der Waals surface area (Å²) in [5, 5.41) is 7.48. The number of nitrogens with zero attached hydrogens (tertiary/aromatic N) is 1. The summed E-state index contributed by atoms with van der Waals surface area (Å²) >= 11 is 2.17. The minimum Gasteiger partial charge on any atom is -0.325 e. The van der Waals surface area contributed by atoms with Gasteiger partial charge in [0.15, 0.2) is 0 Å². The molecule has 1 atom stereocenters. The predicted octanol–water partition coefficient (Wildman–Crippen LogP) is 3.85. The lowest BCUT2D eigenvalue weighted by atomic mass is 9.90. The zero-order valence-corrected chi connectivity index (χ0v) is 17.8. The van der Waals surface area contributed by atoms with E-state index in [2.05, 4.69) is 33.2 Å². The minimum atomic E-state index is -1.22. The molecule has 3 aromatic carbocycles. The summed E-state index contributed by atoms with van der Waals surface area (Å²) in [6.45, 7) is 1.31. The number of benzene rings is 3. The summed E-state index contributed by atoms with van der Waals surface area (Å²) in [6.07, 6.45) is 0. The molecule has 0 saturated carbocycles. The summed E-state index contributed by atoms with van der Waals surface area (Å²) in [7, 11) is 0. The smallest absolute Gasteiger partial charge is 0.325 e. The van der Waals surface area contributed by atoms with Crippen molar-refractivity contribution < 1.29 is 14.4 Å². The number of carbonyl (C=O) groups is 3. The van der Waals surface area contributed by atoms with Crippen molar-refractivity contribution >= 4 is 56.9 Å². The average molecular weight is 499 g/mol. The van der Waals surface area contributed by atoms with Gasteiger partial charge in [0.25, 0.3) is 5.91 Å². The largest absolute Gasteiger partial charge is 0.325 e. The van der Waals surface area contributed by atoms with E-state index in [1.165, 1.54) is 0 Å². The van der Waals surface area contributed by atoms with E-state index >= 15 is 0 Å². The molecule has 7 heteroatoms. The summed E-state index contributed by atoms with van der Waals surface area (Å²) in [5.41, 5.74) is 0.0689. The SMILES string of the molecule is CC1(c2ccc3ccccc3c2)NC(=O)N(CC(=O)Nc2ccc(I)cc2)C1=O. The molecule has 0 bridgehead atoms. The number of halogens is 1. The highest BCUT2D eigenvalue weighted by atomic mass is 127. The van der Waals surface area contributed by atoms with Crippen molar-refractivity contribution in [1.29, 1.82) is 0 Å². The van der Waals surface area contributed by atoms with Gasteiger partial charge in [0.05, 0.1) is 0 Å². The highest BCUT2D eigenvalue weighted by molar-refractivity contribution is 14.1. The Labute approximate surface area is 181 Å². The van der Waals surface area contributed by atoms with Gasteiger partial charge in [-0.25, -0.2) is 4.79 Å². The molecule has 0 spiro atoms. The van der Waals surface area contributed by atoms with Crippen molar-refractivity contribution in [3.8, 4) is 0 Å². The number of rotatable bonds is 4. The molecule has 1 unspecified atom stereocenters. The van der Waals surface area contributed by atoms with Gasteiger partial charge in [0.2, 0.25) is 5.91 Å². The topological polar surface area (TPSA) is 78.5 Å². The lowest BCUT2D eigenvalue weighted by Crippen LogP contribution is -2.42. The molecule has 0 aliphatic carbocycles. The maximum Gasteiger partial charge on any atom is 0.325 e.